The minimum Gasteiger partial charge on any atom is -0.512 e. The number of carbonyl (C=O) groups excluding carboxylic acids is 1. The Morgan fingerprint density at radius 2 is 1.43 bits per heavy atom. The van der Waals surface area contributed by atoms with Gasteiger partial charge in [-0.05, 0) is 32.4 Å². The third-order valence-corrected chi connectivity index (χ3v) is 1.58. The van der Waals surface area contributed by atoms with Gasteiger partial charge in [-0.1, -0.05) is 30.4 Å². The van der Waals surface area contributed by atoms with Gasteiger partial charge in [-0.2, -0.15) is 0 Å². The van der Waals surface area contributed by atoms with E-state index in [0.29, 0.717) is 5.76 Å². The van der Waals surface area contributed by atoms with Crippen molar-refractivity contribution < 1.29 is 9.90 Å². The van der Waals surface area contributed by atoms with Gasteiger partial charge in [0.25, 0.3) is 0 Å². The molecule has 0 rings (SSSR count). The molecule has 0 spiro atoms. The molecule has 2 heteroatoms. The predicted octanol–water partition coefficient (Wildman–Crippen LogP) is 3.10. The lowest BCUT2D eigenvalue weighted by atomic mass is 10.2. The molecular weight excluding hydrogens is 176 g/mol. The molecule has 0 saturated heterocycles. The minimum absolute atomic E-state index is 0.0286. The molecule has 0 heterocycles. The standard InChI is InChI=1S/C12H16O2/c1-10(12(3)14)8-6-4-5-7-9-11(2)13/h4-9,14H,1-3H3/b5-4+,8-6+,9-7+,12-10-. The number of ketones is 1. The quantitative estimate of drug-likeness (QED) is 0.422. The van der Waals surface area contributed by atoms with Gasteiger partial charge < -0.3 is 5.11 Å². The zero-order valence-electron chi connectivity index (χ0n) is 8.82. The average Bonchev–Trinajstić information content (AvgIpc) is 2.09. The normalized spacial score (nSPS) is 14.2. The topological polar surface area (TPSA) is 37.3 Å². The third kappa shape index (κ3) is 7.10. The molecule has 0 amide bonds. The summed E-state index contributed by atoms with van der Waals surface area (Å²) in [5.74, 6) is 0.342. The van der Waals surface area contributed by atoms with Crippen molar-refractivity contribution in [2.24, 2.45) is 0 Å². The highest BCUT2D eigenvalue weighted by molar-refractivity contribution is 5.87. The van der Waals surface area contributed by atoms with Gasteiger partial charge in [-0.3, -0.25) is 4.79 Å². The predicted molar refractivity (Wildman–Crippen MR) is 59.1 cm³/mol. The molecule has 0 aliphatic heterocycles. The van der Waals surface area contributed by atoms with Crippen LogP contribution >= 0.6 is 0 Å². The molecule has 0 fully saturated rings. The fraction of sp³-hybridized carbons (Fsp3) is 0.250. The van der Waals surface area contributed by atoms with Gasteiger partial charge in [0.2, 0.25) is 0 Å². The van der Waals surface area contributed by atoms with Crippen LogP contribution in [0.2, 0.25) is 0 Å². The Morgan fingerprint density at radius 3 is 1.86 bits per heavy atom. The fourth-order valence-electron chi connectivity index (χ4n) is 0.640. The lowest BCUT2D eigenvalue weighted by Gasteiger charge is -1.91. The maximum atomic E-state index is 10.5. The van der Waals surface area contributed by atoms with Gasteiger partial charge in [0.1, 0.15) is 0 Å². The van der Waals surface area contributed by atoms with Crippen LogP contribution in [0, 0.1) is 0 Å². The lowest BCUT2D eigenvalue weighted by Crippen LogP contribution is -1.77. The highest BCUT2D eigenvalue weighted by Crippen LogP contribution is 2.00. The van der Waals surface area contributed by atoms with Gasteiger partial charge in [-0.15, -0.1) is 0 Å². The molecule has 0 bridgehead atoms. The second kappa shape index (κ2) is 6.89. The van der Waals surface area contributed by atoms with Crippen molar-refractivity contribution in [3.63, 3.8) is 0 Å². The molecule has 0 aliphatic carbocycles. The minimum atomic E-state index is 0.0286. The first-order chi connectivity index (χ1) is 6.54. The molecule has 0 radical (unpaired) electrons. The van der Waals surface area contributed by atoms with Crippen LogP contribution in [0.4, 0.5) is 0 Å². The maximum Gasteiger partial charge on any atom is 0.152 e. The maximum absolute atomic E-state index is 10.5. The second-order valence-corrected chi connectivity index (χ2v) is 2.98. The number of hydrogen-bond acceptors (Lipinski definition) is 2. The number of allylic oxidation sites excluding steroid dienone is 8. The summed E-state index contributed by atoms with van der Waals surface area (Å²) >= 11 is 0. The first kappa shape index (κ1) is 12.4. The van der Waals surface area contributed by atoms with Crippen LogP contribution < -0.4 is 0 Å². The van der Waals surface area contributed by atoms with E-state index in [1.54, 1.807) is 37.3 Å². The third-order valence-electron chi connectivity index (χ3n) is 1.58. The van der Waals surface area contributed by atoms with E-state index in [4.69, 9.17) is 5.11 Å². The number of hydrogen-bond donors (Lipinski definition) is 1. The van der Waals surface area contributed by atoms with Crippen molar-refractivity contribution in [3.05, 3.63) is 47.8 Å². The molecule has 0 aromatic rings. The summed E-state index contributed by atoms with van der Waals surface area (Å²) in [4.78, 5) is 10.5. The van der Waals surface area contributed by atoms with Crippen LogP contribution in [0.15, 0.2) is 47.8 Å². The molecule has 1 N–H and O–H groups in total. The van der Waals surface area contributed by atoms with Crippen LogP contribution in [0.25, 0.3) is 0 Å². The summed E-state index contributed by atoms with van der Waals surface area (Å²) < 4.78 is 0. The van der Waals surface area contributed by atoms with E-state index in [1.165, 1.54) is 13.0 Å². The van der Waals surface area contributed by atoms with Gasteiger partial charge in [0.05, 0.1) is 5.76 Å². The lowest BCUT2D eigenvalue weighted by molar-refractivity contribution is -0.112. The van der Waals surface area contributed by atoms with Crippen LogP contribution in [0.3, 0.4) is 0 Å². The smallest absolute Gasteiger partial charge is 0.152 e. The number of carbonyl (C=O) groups is 1. The summed E-state index contributed by atoms with van der Waals surface area (Å²) in [7, 11) is 0. The highest BCUT2D eigenvalue weighted by Gasteiger charge is 1.84. The summed E-state index contributed by atoms with van der Waals surface area (Å²) in [6.45, 7) is 4.96. The largest absolute Gasteiger partial charge is 0.512 e. The number of aliphatic hydroxyl groups is 1. The van der Waals surface area contributed by atoms with Crippen molar-refractivity contribution in [3.8, 4) is 0 Å². The summed E-state index contributed by atoms with van der Waals surface area (Å²) in [6, 6.07) is 0. The molecule has 0 aromatic heterocycles. The van der Waals surface area contributed by atoms with E-state index in [0.717, 1.165) is 5.57 Å². The molecule has 2 nitrogen and oxygen atoms in total. The van der Waals surface area contributed by atoms with Crippen molar-refractivity contribution in [2.75, 3.05) is 0 Å². The Morgan fingerprint density at radius 1 is 0.929 bits per heavy atom. The van der Waals surface area contributed by atoms with Gasteiger partial charge in [0, 0.05) is 0 Å². The van der Waals surface area contributed by atoms with E-state index < -0.39 is 0 Å². The summed E-state index contributed by atoms with van der Waals surface area (Å²) in [6.07, 6.45) is 10.3. The molecule has 0 aliphatic rings. The molecular formula is C12H16O2. The van der Waals surface area contributed by atoms with Crippen molar-refractivity contribution in [1.29, 1.82) is 0 Å². The zero-order valence-corrected chi connectivity index (χ0v) is 8.82. The van der Waals surface area contributed by atoms with Crippen molar-refractivity contribution >= 4 is 5.78 Å². The Labute approximate surface area is 85.0 Å². The van der Waals surface area contributed by atoms with Crippen molar-refractivity contribution in [1.82, 2.24) is 0 Å². The van der Waals surface area contributed by atoms with E-state index in [1.807, 2.05) is 6.92 Å². The zero-order chi connectivity index (χ0) is 11.0. The molecule has 0 saturated carbocycles. The molecule has 14 heavy (non-hydrogen) atoms. The Kier molecular flexibility index (Phi) is 6.12. The molecule has 0 aromatic carbocycles. The fourth-order valence-corrected chi connectivity index (χ4v) is 0.640. The number of aliphatic hydroxyl groups excluding tert-OH is 1. The monoisotopic (exact) mass is 192 g/mol. The first-order valence-corrected chi connectivity index (χ1v) is 4.42. The van der Waals surface area contributed by atoms with Crippen LogP contribution in [-0.4, -0.2) is 10.9 Å². The summed E-state index contributed by atoms with van der Waals surface area (Å²) in [5.41, 5.74) is 0.824. The van der Waals surface area contributed by atoms with Crippen molar-refractivity contribution in [2.45, 2.75) is 20.8 Å². The van der Waals surface area contributed by atoms with Crippen LogP contribution in [0.1, 0.15) is 20.8 Å². The van der Waals surface area contributed by atoms with Gasteiger partial charge in [-0.25, -0.2) is 0 Å². The summed E-state index contributed by atoms with van der Waals surface area (Å²) in [5, 5.41) is 9.04. The highest BCUT2D eigenvalue weighted by atomic mass is 16.3. The SMILES string of the molecule is CC(=O)/C=C/C=C/C=C/C(C)=C(/C)O. The Balaban J connectivity index is 4.07. The van der Waals surface area contributed by atoms with Crippen LogP contribution in [0.5, 0.6) is 0 Å². The average molecular weight is 192 g/mol. The van der Waals surface area contributed by atoms with E-state index >= 15 is 0 Å². The van der Waals surface area contributed by atoms with Gasteiger partial charge >= 0.3 is 0 Å². The Hall–Kier alpha value is -1.57. The second-order valence-electron chi connectivity index (χ2n) is 2.98. The van der Waals surface area contributed by atoms with Crippen LogP contribution in [-0.2, 0) is 4.79 Å². The molecule has 76 valence electrons. The molecule has 0 atom stereocenters. The number of rotatable bonds is 4. The Bertz CT molecular complexity index is 300. The van der Waals surface area contributed by atoms with E-state index in [9.17, 15) is 4.79 Å². The van der Waals surface area contributed by atoms with E-state index in [-0.39, 0.29) is 5.78 Å². The molecule has 0 unspecified atom stereocenters. The van der Waals surface area contributed by atoms with Gasteiger partial charge in [0.15, 0.2) is 5.78 Å². The van der Waals surface area contributed by atoms with E-state index in [2.05, 4.69) is 0 Å². The first-order valence-electron chi connectivity index (χ1n) is 4.42.